The average Bonchev–Trinajstić information content (AvgIpc) is 2.94. The van der Waals surface area contributed by atoms with Crippen LogP contribution in [0.2, 0.25) is 5.02 Å². The van der Waals surface area contributed by atoms with Crippen molar-refractivity contribution >= 4 is 44.8 Å². The first kappa shape index (κ1) is 21.0. The van der Waals surface area contributed by atoms with E-state index in [2.05, 4.69) is 4.72 Å². The molecule has 6 nitrogen and oxygen atoms in total. The molecule has 31 heavy (non-hydrogen) atoms. The van der Waals surface area contributed by atoms with Gasteiger partial charge in [0, 0.05) is 10.7 Å². The molecule has 4 rings (SSSR count). The molecule has 0 bridgehead atoms. The van der Waals surface area contributed by atoms with Crippen LogP contribution in [-0.4, -0.2) is 20.2 Å². The smallest absolute Gasteiger partial charge is 0.266 e. The van der Waals surface area contributed by atoms with Crippen molar-refractivity contribution in [3.8, 4) is 0 Å². The van der Waals surface area contributed by atoms with Crippen molar-refractivity contribution in [3.05, 3.63) is 87.7 Å². The molecule has 0 saturated carbocycles. The van der Waals surface area contributed by atoms with Crippen molar-refractivity contribution < 1.29 is 22.4 Å². The summed E-state index contributed by atoms with van der Waals surface area (Å²) in [5.41, 5.74) is 1.89. The second-order valence-corrected chi connectivity index (χ2v) is 9.24. The highest BCUT2D eigenvalue weighted by Gasteiger charge is 2.37. The Morgan fingerprint density at radius 2 is 1.58 bits per heavy atom. The monoisotopic (exact) mass is 458 g/mol. The molecule has 1 aliphatic rings. The first-order valence-corrected chi connectivity index (χ1v) is 11.0. The third kappa shape index (κ3) is 3.68. The Hall–Kier alpha value is -3.23. The number of nitrogens with zero attached hydrogens (tertiary/aromatic N) is 1. The second-order valence-electron chi connectivity index (χ2n) is 7.15. The minimum Gasteiger partial charge on any atom is -0.280 e. The number of benzene rings is 3. The molecule has 1 N–H and O–H groups in total. The number of carbonyl (C=O) groups is 2. The van der Waals surface area contributed by atoms with Crippen molar-refractivity contribution in [1.82, 2.24) is 0 Å². The van der Waals surface area contributed by atoms with Crippen LogP contribution in [0.25, 0.3) is 0 Å². The SMILES string of the molecule is Cc1cc(NS(=O)(=O)c2cc(F)ccc2C)ccc1N1C(=O)c2ccc(Cl)cc2C1=O. The summed E-state index contributed by atoms with van der Waals surface area (Å²) < 4.78 is 41.4. The minimum atomic E-state index is -4.04. The van der Waals surface area contributed by atoms with Gasteiger partial charge in [0.25, 0.3) is 21.8 Å². The maximum atomic E-state index is 13.5. The summed E-state index contributed by atoms with van der Waals surface area (Å²) >= 11 is 5.94. The maximum Gasteiger partial charge on any atom is 0.266 e. The fraction of sp³-hybridized carbons (Fsp3) is 0.0909. The van der Waals surface area contributed by atoms with Gasteiger partial charge < -0.3 is 0 Å². The highest BCUT2D eigenvalue weighted by atomic mass is 35.5. The van der Waals surface area contributed by atoms with Crippen LogP contribution in [-0.2, 0) is 10.0 Å². The van der Waals surface area contributed by atoms with Gasteiger partial charge >= 0.3 is 0 Å². The average molecular weight is 459 g/mol. The molecule has 2 amide bonds. The number of imide groups is 1. The molecule has 3 aromatic carbocycles. The van der Waals surface area contributed by atoms with E-state index in [0.717, 1.165) is 11.0 Å². The quantitative estimate of drug-likeness (QED) is 0.574. The lowest BCUT2D eigenvalue weighted by Gasteiger charge is -2.18. The summed E-state index contributed by atoms with van der Waals surface area (Å²) in [7, 11) is -4.04. The number of carbonyl (C=O) groups excluding carboxylic acids is 2. The Labute approximate surface area is 183 Å². The van der Waals surface area contributed by atoms with Crippen LogP contribution in [0.1, 0.15) is 31.8 Å². The third-order valence-corrected chi connectivity index (χ3v) is 6.74. The second kappa shape index (κ2) is 7.47. The number of nitrogens with one attached hydrogen (secondary N) is 1. The van der Waals surface area contributed by atoms with Crippen LogP contribution < -0.4 is 9.62 Å². The first-order chi connectivity index (χ1) is 14.6. The summed E-state index contributed by atoms with van der Waals surface area (Å²) in [6, 6.07) is 12.4. The molecule has 9 heteroatoms. The molecule has 0 spiro atoms. The number of halogens is 2. The highest BCUT2D eigenvalue weighted by Crippen LogP contribution is 2.33. The highest BCUT2D eigenvalue weighted by molar-refractivity contribution is 7.92. The van der Waals surface area contributed by atoms with Gasteiger partial charge in [-0.15, -0.1) is 0 Å². The molecule has 0 saturated heterocycles. The molecule has 1 aliphatic heterocycles. The van der Waals surface area contributed by atoms with Gasteiger partial charge in [0.05, 0.1) is 21.7 Å². The van der Waals surface area contributed by atoms with Gasteiger partial charge in [-0.3, -0.25) is 14.3 Å². The summed E-state index contributed by atoms with van der Waals surface area (Å²) in [6.45, 7) is 3.22. The zero-order valence-corrected chi connectivity index (χ0v) is 18.0. The van der Waals surface area contributed by atoms with Crippen LogP contribution in [0, 0.1) is 19.7 Å². The van der Waals surface area contributed by atoms with E-state index in [0.29, 0.717) is 21.8 Å². The largest absolute Gasteiger partial charge is 0.280 e. The molecular weight excluding hydrogens is 443 g/mol. The van der Waals surface area contributed by atoms with E-state index < -0.39 is 27.7 Å². The van der Waals surface area contributed by atoms with E-state index >= 15 is 0 Å². The Morgan fingerprint density at radius 1 is 0.871 bits per heavy atom. The van der Waals surface area contributed by atoms with Gasteiger partial charge in [-0.25, -0.2) is 17.7 Å². The van der Waals surface area contributed by atoms with Crippen LogP contribution in [0.4, 0.5) is 15.8 Å². The summed E-state index contributed by atoms with van der Waals surface area (Å²) in [5, 5.41) is 0.343. The van der Waals surface area contributed by atoms with Crippen molar-refractivity contribution in [2.75, 3.05) is 9.62 Å². The lowest BCUT2D eigenvalue weighted by atomic mass is 10.1. The van der Waals surface area contributed by atoms with Gasteiger partial charge in [-0.05, 0) is 73.5 Å². The number of rotatable bonds is 4. The first-order valence-electron chi connectivity index (χ1n) is 9.16. The molecule has 158 valence electrons. The molecule has 0 radical (unpaired) electrons. The molecule has 3 aromatic rings. The normalized spacial score (nSPS) is 13.5. The van der Waals surface area contributed by atoms with Crippen molar-refractivity contribution in [3.63, 3.8) is 0 Å². The number of aryl methyl sites for hydroxylation is 2. The van der Waals surface area contributed by atoms with Crippen LogP contribution in [0.3, 0.4) is 0 Å². The molecule has 0 aliphatic carbocycles. The van der Waals surface area contributed by atoms with Crippen molar-refractivity contribution in [2.24, 2.45) is 0 Å². The summed E-state index contributed by atoms with van der Waals surface area (Å²) in [5.74, 6) is -1.65. The van der Waals surface area contributed by atoms with E-state index in [4.69, 9.17) is 11.6 Å². The van der Waals surface area contributed by atoms with Crippen molar-refractivity contribution in [1.29, 1.82) is 0 Å². The predicted molar refractivity (Wildman–Crippen MR) is 116 cm³/mol. The third-order valence-electron chi connectivity index (χ3n) is 4.98. The maximum absolute atomic E-state index is 13.5. The Bertz CT molecular complexity index is 1370. The lowest BCUT2D eigenvalue weighted by Crippen LogP contribution is -2.30. The molecule has 0 unspecified atom stereocenters. The van der Waals surface area contributed by atoms with E-state index in [1.807, 2.05) is 0 Å². The Balaban J connectivity index is 1.66. The summed E-state index contributed by atoms with van der Waals surface area (Å²) in [6.07, 6.45) is 0. The zero-order valence-electron chi connectivity index (χ0n) is 16.4. The number of anilines is 2. The Kier molecular flexibility index (Phi) is 5.07. The van der Waals surface area contributed by atoms with E-state index in [1.54, 1.807) is 13.8 Å². The van der Waals surface area contributed by atoms with Gasteiger partial charge in [-0.2, -0.15) is 0 Å². The Morgan fingerprint density at radius 3 is 2.29 bits per heavy atom. The van der Waals surface area contributed by atoms with Gasteiger partial charge in [0.2, 0.25) is 0 Å². The van der Waals surface area contributed by atoms with Crippen LogP contribution in [0.15, 0.2) is 59.5 Å². The standard InChI is InChI=1S/C22H16ClFN2O4S/c1-12-3-5-15(24)11-20(12)31(29,30)25-16-6-8-19(13(2)9-16)26-21(27)17-7-4-14(23)10-18(17)22(26)28/h3-11,25H,1-2H3. The van der Waals surface area contributed by atoms with Gasteiger partial charge in [0.15, 0.2) is 0 Å². The fourth-order valence-corrected chi connectivity index (χ4v) is 4.95. The number of amides is 2. The molecular formula is C22H16ClFN2O4S. The molecule has 0 atom stereocenters. The number of hydrogen-bond donors (Lipinski definition) is 1. The van der Waals surface area contributed by atoms with Crippen LogP contribution in [0.5, 0.6) is 0 Å². The van der Waals surface area contributed by atoms with E-state index in [9.17, 15) is 22.4 Å². The number of fused-ring (bicyclic) bond motifs is 1. The fourth-order valence-electron chi connectivity index (χ4n) is 3.48. The minimum absolute atomic E-state index is 0.175. The van der Waals surface area contributed by atoms with Crippen LogP contribution >= 0.6 is 11.6 Å². The molecule has 0 aromatic heterocycles. The van der Waals surface area contributed by atoms with E-state index in [1.165, 1.54) is 48.5 Å². The van der Waals surface area contributed by atoms with Crippen molar-refractivity contribution in [2.45, 2.75) is 18.7 Å². The lowest BCUT2D eigenvalue weighted by molar-refractivity contribution is 0.0926. The summed E-state index contributed by atoms with van der Waals surface area (Å²) in [4.78, 5) is 26.4. The topological polar surface area (TPSA) is 83.6 Å². The zero-order chi connectivity index (χ0) is 22.5. The number of sulfonamides is 1. The van der Waals surface area contributed by atoms with E-state index in [-0.39, 0.29) is 21.7 Å². The van der Waals surface area contributed by atoms with Gasteiger partial charge in [-0.1, -0.05) is 17.7 Å². The van der Waals surface area contributed by atoms with Gasteiger partial charge in [0.1, 0.15) is 5.82 Å². The predicted octanol–water partition coefficient (Wildman–Crippen LogP) is 4.70. The molecule has 0 fully saturated rings. The molecule has 1 heterocycles. The number of hydrogen-bond acceptors (Lipinski definition) is 4.